The van der Waals surface area contributed by atoms with Gasteiger partial charge in [-0.15, -0.1) is 0 Å². The number of fused-ring (bicyclic) bond motifs is 1. The summed E-state index contributed by atoms with van der Waals surface area (Å²) < 4.78 is 6.42. The van der Waals surface area contributed by atoms with Crippen LogP contribution in [0.5, 0.6) is 0 Å². The SMILES string of the molecule is CCN(C(=O)c1c(C)noc1C(C)C)c1nc2ccccc2s1. The molecule has 0 aliphatic rings. The van der Waals surface area contributed by atoms with E-state index >= 15 is 0 Å². The van der Waals surface area contributed by atoms with Crippen molar-refractivity contribution in [3.8, 4) is 0 Å². The van der Waals surface area contributed by atoms with E-state index in [4.69, 9.17) is 4.52 Å². The van der Waals surface area contributed by atoms with Gasteiger partial charge in [0.25, 0.3) is 5.91 Å². The standard InChI is InChI=1S/C17H19N3O2S/c1-5-20(17-18-12-8-6-7-9-13(12)23-17)16(21)14-11(4)19-22-15(14)10(2)3/h6-10H,5H2,1-4H3. The maximum Gasteiger partial charge on any atom is 0.265 e. The van der Waals surface area contributed by atoms with Gasteiger partial charge >= 0.3 is 0 Å². The number of rotatable bonds is 4. The molecule has 6 heteroatoms. The third-order valence-electron chi connectivity index (χ3n) is 3.70. The molecule has 3 aromatic rings. The van der Waals surface area contributed by atoms with Gasteiger partial charge < -0.3 is 4.52 Å². The van der Waals surface area contributed by atoms with E-state index in [1.165, 1.54) is 11.3 Å². The minimum absolute atomic E-state index is 0.101. The van der Waals surface area contributed by atoms with Crippen molar-refractivity contribution in [1.29, 1.82) is 0 Å². The number of hydrogen-bond donors (Lipinski definition) is 0. The third-order valence-corrected chi connectivity index (χ3v) is 4.76. The molecule has 0 spiro atoms. The van der Waals surface area contributed by atoms with E-state index in [2.05, 4.69) is 10.1 Å². The summed E-state index contributed by atoms with van der Waals surface area (Å²) in [6.07, 6.45) is 0. The van der Waals surface area contributed by atoms with Crippen LogP contribution in [0.4, 0.5) is 5.13 Å². The van der Waals surface area contributed by atoms with Crippen LogP contribution < -0.4 is 4.90 Å². The molecule has 2 heterocycles. The van der Waals surface area contributed by atoms with Gasteiger partial charge in [-0.3, -0.25) is 9.69 Å². The second kappa shape index (κ2) is 6.12. The molecule has 1 amide bonds. The average molecular weight is 329 g/mol. The highest BCUT2D eigenvalue weighted by Crippen LogP contribution is 2.31. The lowest BCUT2D eigenvalue weighted by Crippen LogP contribution is -2.31. The quantitative estimate of drug-likeness (QED) is 0.712. The molecule has 0 aliphatic carbocycles. The van der Waals surface area contributed by atoms with E-state index in [-0.39, 0.29) is 11.8 Å². The first kappa shape index (κ1) is 15.7. The zero-order valence-electron chi connectivity index (χ0n) is 13.7. The van der Waals surface area contributed by atoms with E-state index in [1.54, 1.807) is 11.8 Å². The molecule has 3 rings (SSSR count). The van der Waals surface area contributed by atoms with Crippen LogP contribution in [0.25, 0.3) is 10.2 Å². The first-order chi connectivity index (χ1) is 11.0. The van der Waals surface area contributed by atoms with Crippen LogP contribution in [0, 0.1) is 6.92 Å². The molecular weight excluding hydrogens is 310 g/mol. The topological polar surface area (TPSA) is 59.2 Å². The maximum absolute atomic E-state index is 13.1. The van der Waals surface area contributed by atoms with Crippen molar-refractivity contribution in [2.75, 3.05) is 11.4 Å². The van der Waals surface area contributed by atoms with Crippen molar-refractivity contribution in [3.05, 3.63) is 41.3 Å². The summed E-state index contributed by atoms with van der Waals surface area (Å²) in [5, 5.41) is 4.68. The highest BCUT2D eigenvalue weighted by molar-refractivity contribution is 7.22. The van der Waals surface area contributed by atoms with E-state index in [0.717, 1.165) is 10.2 Å². The third kappa shape index (κ3) is 2.74. The number of para-hydroxylation sites is 1. The maximum atomic E-state index is 13.1. The molecule has 0 atom stereocenters. The summed E-state index contributed by atoms with van der Waals surface area (Å²) >= 11 is 1.52. The minimum atomic E-state index is -0.103. The van der Waals surface area contributed by atoms with E-state index < -0.39 is 0 Å². The lowest BCUT2D eigenvalue weighted by Gasteiger charge is -2.18. The van der Waals surface area contributed by atoms with Crippen molar-refractivity contribution >= 4 is 32.6 Å². The van der Waals surface area contributed by atoms with Crippen LogP contribution >= 0.6 is 11.3 Å². The van der Waals surface area contributed by atoms with Gasteiger partial charge in [0.1, 0.15) is 5.56 Å². The number of hydrogen-bond acceptors (Lipinski definition) is 5. The Balaban J connectivity index is 2.04. The lowest BCUT2D eigenvalue weighted by atomic mass is 10.0. The second-order valence-electron chi connectivity index (χ2n) is 5.68. The number of amides is 1. The van der Waals surface area contributed by atoms with E-state index in [0.29, 0.717) is 28.7 Å². The van der Waals surface area contributed by atoms with Gasteiger partial charge in [-0.05, 0) is 26.0 Å². The summed E-state index contributed by atoms with van der Waals surface area (Å²) in [5.41, 5.74) is 2.09. The second-order valence-corrected chi connectivity index (χ2v) is 6.68. The molecule has 5 nitrogen and oxygen atoms in total. The number of carbonyl (C=O) groups is 1. The molecule has 0 radical (unpaired) electrons. The van der Waals surface area contributed by atoms with Gasteiger partial charge in [0, 0.05) is 12.5 Å². The molecule has 0 aliphatic heterocycles. The Labute approximate surface area is 138 Å². The van der Waals surface area contributed by atoms with Crippen LogP contribution in [0.1, 0.15) is 48.5 Å². The van der Waals surface area contributed by atoms with Crippen LogP contribution in [0.3, 0.4) is 0 Å². The van der Waals surface area contributed by atoms with Gasteiger partial charge in [0.15, 0.2) is 10.9 Å². The average Bonchev–Trinajstić information content (AvgIpc) is 3.11. The normalized spacial score (nSPS) is 11.3. The predicted molar refractivity (Wildman–Crippen MR) is 92.3 cm³/mol. The fraction of sp³-hybridized carbons (Fsp3) is 0.353. The summed E-state index contributed by atoms with van der Waals surface area (Å²) in [6.45, 7) is 8.27. The molecule has 0 bridgehead atoms. The van der Waals surface area contributed by atoms with Crippen LogP contribution in [0.2, 0.25) is 0 Å². The largest absolute Gasteiger partial charge is 0.360 e. The first-order valence-corrected chi connectivity index (χ1v) is 8.48. The molecule has 0 unspecified atom stereocenters. The van der Waals surface area contributed by atoms with Gasteiger partial charge in [0.05, 0.1) is 15.9 Å². The molecule has 0 fully saturated rings. The Kier molecular flexibility index (Phi) is 4.17. The highest BCUT2D eigenvalue weighted by Gasteiger charge is 2.28. The van der Waals surface area contributed by atoms with Crippen LogP contribution in [-0.2, 0) is 0 Å². The zero-order valence-corrected chi connectivity index (χ0v) is 14.5. The number of thiazole rings is 1. The monoisotopic (exact) mass is 329 g/mol. The number of nitrogens with zero attached hydrogens (tertiary/aromatic N) is 3. The van der Waals surface area contributed by atoms with Crippen molar-refractivity contribution in [1.82, 2.24) is 10.1 Å². The summed E-state index contributed by atoms with van der Waals surface area (Å²) in [4.78, 5) is 19.3. The first-order valence-electron chi connectivity index (χ1n) is 7.66. The van der Waals surface area contributed by atoms with Crippen LogP contribution in [-0.4, -0.2) is 22.6 Å². The number of benzene rings is 1. The van der Waals surface area contributed by atoms with E-state index in [1.807, 2.05) is 45.0 Å². The van der Waals surface area contributed by atoms with Crippen molar-refractivity contribution in [2.24, 2.45) is 0 Å². The molecule has 2 aromatic heterocycles. The van der Waals surface area contributed by atoms with Gasteiger partial charge in [-0.1, -0.05) is 42.5 Å². The van der Waals surface area contributed by atoms with Crippen molar-refractivity contribution < 1.29 is 9.32 Å². The lowest BCUT2D eigenvalue weighted by molar-refractivity contribution is 0.0985. The fourth-order valence-electron chi connectivity index (χ4n) is 2.52. The molecular formula is C17H19N3O2S. The van der Waals surface area contributed by atoms with Gasteiger partial charge in [0.2, 0.25) is 0 Å². The molecule has 120 valence electrons. The molecule has 23 heavy (non-hydrogen) atoms. The summed E-state index contributed by atoms with van der Waals surface area (Å²) in [5.74, 6) is 0.630. The number of aromatic nitrogens is 2. The van der Waals surface area contributed by atoms with Crippen molar-refractivity contribution in [3.63, 3.8) is 0 Å². The Morgan fingerprint density at radius 3 is 2.74 bits per heavy atom. The predicted octanol–water partition coefficient (Wildman–Crippen LogP) is 4.38. The molecule has 0 saturated heterocycles. The molecule has 1 aromatic carbocycles. The smallest absolute Gasteiger partial charge is 0.265 e. The Morgan fingerprint density at radius 2 is 2.09 bits per heavy atom. The van der Waals surface area contributed by atoms with Crippen LogP contribution in [0.15, 0.2) is 28.8 Å². The molecule has 0 saturated carbocycles. The zero-order chi connectivity index (χ0) is 16.6. The minimum Gasteiger partial charge on any atom is -0.360 e. The Morgan fingerprint density at radius 1 is 1.35 bits per heavy atom. The summed E-state index contributed by atoms with van der Waals surface area (Å²) in [7, 11) is 0. The van der Waals surface area contributed by atoms with Gasteiger partial charge in [-0.25, -0.2) is 4.98 Å². The number of aryl methyl sites for hydroxylation is 1. The number of carbonyl (C=O) groups excluding carboxylic acids is 1. The van der Waals surface area contributed by atoms with Crippen molar-refractivity contribution in [2.45, 2.75) is 33.6 Å². The highest BCUT2D eigenvalue weighted by atomic mass is 32.1. The number of anilines is 1. The van der Waals surface area contributed by atoms with Gasteiger partial charge in [-0.2, -0.15) is 0 Å². The molecule has 0 N–H and O–H groups in total. The Hall–Kier alpha value is -2.21. The summed E-state index contributed by atoms with van der Waals surface area (Å²) in [6, 6.07) is 7.89. The van der Waals surface area contributed by atoms with E-state index in [9.17, 15) is 4.79 Å². The fourth-order valence-corrected chi connectivity index (χ4v) is 3.55. The Bertz CT molecular complexity index is 818.